The topological polar surface area (TPSA) is 116 Å². The smallest absolute Gasteiger partial charge is 0.322 e. The highest BCUT2D eigenvalue weighted by atomic mass is 19.4. The van der Waals surface area contributed by atoms with Crippen molar-refractivity contribution in [3.8, 4) is 0 Å². The van der Waals surface area contributed by atoms with Crippen LogP contribution in [-0.4, -0.2) is 57.0 Å². The highest BCUT2D eigenvalue weighted by Crippen LogP contribution is 2.39. The molecule has 1 aromatic carbocycles. The second kappa shape index (κ2) is 12.7. The SMILES string of the molecule is CCC(C)N1CC=C(c2cc(NC(=O)c3cnc(C)c(N(N)CC(=N)c4cnn(C)c4C)c3)cc(C(F)(F)F)c2C)CC1. The number of anilines is 2. The minimum Gasteiger partial charge on any atom is -0.322 e. The van der Waals surface area contributed by atoms with Crippen molar-refractivity contribution in [1.82, 2.24) is 19.7 Å². The van der Waals surface area contributed by atoms with E-state index in [0.717, 1.165) is 30.3 Å². The summed E-state index contributed by atoms with van der Waals surface area (Å²) in [5.74, 6) is 5.67. The molecule has 0 fully saturated rings. The Balaban J connectivity index is 1.60. The van der Waals surface area contributed by atoms with Crippen LogP contribution in [0.5, 0.6) is 0 Å². The number of aromatic nitrogens is 3. The van der Waals surface area contributed by atoms with Gasteiger partial charge in [0, 0.05) is 49.3 Å². The number of nitrogens with two attached hydrogens (primary N) is 1. The van der Waals surface area contributed by atoms with Crippen LogP contribution in [0.15, 0.2) is 36.7 Å². The van der Waals surface area contributed by atoms with Gasteiger partial charge in [0.2, 0.25) is 0 Å². The molecule has 2 aromatic heterocycles. The fourth-order valence-electron chi connectivity index (χ4n) is 5.28. The first-order chi connectivity index (χ1) is 20.2. The molecule has 12 heteroatoms. The van der Waals surface area contributed by atoms with Crippen LogP contribution in [0.25, 0.3) is 5.57 Å². The number of halogens is 3. The Morgan fingerprint density at radius 2 is 1.93 bits per heavy atom. The minimum absolute atomic E-state index is 0.0277. The maximum absolute atomic E-state index is 14.1. The molecular formula is C31H39F3N8O. The number of rotatable bonds is 9. The molecule has 0 aliphatic carbocycles. The molecule has 3 heterocycles. The minimum atomic E-state index is -4.59. The van der Waals surface area contributed by atoms with Crippen molar-refractivity contribution >= 4 is 28.6 Å². The molecule has 0 spiro atoms. The highest BCUT2D eigenvalue weighted by molar-refractivity contribution is 6.05. The van der Waals surface area contributed by atoms with E-state index < -0.39 is 17.6 Å². The predicted octanol–water partition coefficient (Wildman–Crippen LogP) is 5.65. The van der Waals surface area contributed by atoms with Gasteiger partial charge >= 0.3 is 6.18 Å². The fourth-order valence-corrected chi connectivity index (χ4v) is 5.28. The third kappa shape index (κ3) is 6.97. The van der Waals surface area contributed by atoms with E-state index in [-0.39, 0.29) is 29.1 Å². The lowest BCUT2D eigenvalue weighted by atomic mass is 9.91. The second-order valence-corrected chi connectivity index (χ2v) is 11.1. The van der Waals surface area contributed by atoms with Crippen LogP contribution in [-0.2, 0) is 13.2 Å². The molecule has 0 bridgehead atoms. The average Bonchev–Trinajstić information content (AvgIpc) is 3.30. The molecule has 0 saturated carbocycles. The number of carbonyl (C=O) groups excluding carboxylic acids is 1. The summed E-state index contributed by atoms with van der Waals surface area (Å²) < 4.78 is 44.0. The van der Waals surface area contributed by atoms with E-state index in [1.807, 2.05) is 13.0 Å². The summed E-state index contributed by atoms with van der Waals surface area (Å²) in [6.07, 6.45) is 1.95. The largest absolute Gasteiger partial charge is 0.416 e. The first kappa shape index (κ1) is 31.9. The number of alkyl halides is 3. The van der Waals surface area contributed by atoms with Crippen LogP contribution in [0.4, 0.5) is 24.5 Å². The van der Waals surface area contributed by atoms with Crippen molar-refractivity contribution < 1.29 is 18.0 Å². The number of benzene rings is 1. The Bertz CT molecular complexity index is 1560. The normalized spacial score (nSPS) is 14.8. The number of aryl methyl sites for hydroxylation is 2. The zero-order valence-corrected chi connectivity index (χ0v) is 25.4. The van der Waals surface area contributed by atoms with Crippen LogP contribution in [0.1, 0.15) is 70.7 Å². The predicted molar refractivity (Wildman–Crippen MR) is 163 cm³/mol. The molecular weight excluding hydrogens is 557 g/mol. The van der Waals surface area contributed by atoms with Gasteiger partial charge in [0.25, 0.3) is 5.91 Å². The number of carbonyl (C=O) groups is 1. The summed E-state index contributed by atoms with van der Waals surface area (Å²) in [6, 6.07) is 4.50. The van der Waals surface area contributed by atoms with E-state index >= 15 is 0 Å². The van der Waals surface area contributed by atoms with Crippen molar-refractivity contribution in [2.75, 3.05) is 30.0 Å². The molecule has 0 radical (unpaired) electrons. The van der Waals surface area contributed by atoms with Crippen molar-refractivity contribution in [1.29, 1.82) is 5.41 Å². The van der Waals surface area contributed by atoms with Gasteiger partial charge in [-0.25, -0.2) is 5.84 Å². The maximum atomic E-state index is 14.1. The summed E-state index contributed by atoms with van der Waals surface area (Å²) in [4.78, 5) is 19.9. The number of pyridine rings is 1. The van der Waals surface area contributed by atoms with E-state index in [0.29, 0.717) is 41.5 Å². The summed E-state index contributed by atoms with van der Waals surface area (Å²) in [5.41, 5.74) is 3.47. The highest BCUT2D eigenvalue weighted by Gasteiger charge is 2.34. The molecule has 1 unspecified atom stereocenters. The van der Waals surface area contributed by atoms with Gasteiger partial charge in [-0.2, -0.15) is 18.3 Å². The molecule has 4 rings (SSSR count). The van der Waals surface area contributed by atoms with E-state index in [2.05, 4.69) is 34.1 Å². The van der Waals surface area contributed by atoms with Gasteiger partial charge < -0.3 is 15.7 Å². The Morgan fingerprint density at radius 1 is 1.21 bits per heavy atom. The Kier molecular flexibility index (Phi) is 9.41. The molecule has 1 aliphatic heterocycles. The number of hydrazine groups is 1. The quantitative estimate of drug-likeness (QED) is 0.167. The summed E-state index contributed by atoms with van der Waals surface area (Å²) in [6.45, 7) is 10.7. The Hall–Kier alpha value is -4.03. The number of amides is 1. The first-order valence-electron chi connectivity index (χ1n) is 14.2. The summed E-state index contributed by atoms with van der Waals surface area (Å²) in [7, 11) is 1.78. The van der Waals surface area contributed by atoms with Crippen LogP contribution >= 0.6 is 0 Å². The lowest BCUT2D eigenvalue weighted by Crippen LogP contribution is -2.37. The third-order valence-corrected chi connectivity index (χ3v) is 8.29. The van der Waals surface area contributed by atoms with Gasteiger partial charge in [0.1, 0.15) is 0 Å². The van der Waals surface area contributed by atoms with Gasteiger partial charge in [-0.3, -0.25) is 19.4 Å². The van der Waals surface area contributed by atoms with E-state index in [1.165, 1.54) is 24.2 Å². The number of nitrogens with one attached hydrogen (secondary N) is 2. The molecule has 9 nitrogen and oxygen atoms in total. The molecule has 1 aliphatic rings. The van der Waals surface area contributed by atoms with Crippen LogP contribution in [0, 0.1) is 26.2 Å². The molecule has 230 valence electrons. The lowest BCUT2D eigenvalue weighted by Gasteiger charge is -2.32. The average molecular weight is 597 g/mol. The molecule has 1 amide bonds. The second-order valence-electron chi connectivity index (χ2n) is 11.1. The van der Waals surface area contributed by atoms with Crippen LogP contribution in [0.3, 0.4) is 0 Å². The van der Waals surface area contributed by atoms with Gasteiger partial charge in [0.05, 0.1) is 41.0 Å². The van der Waals surface area contributed by atoms with Crippen LogP contribution in [0.2, 0.25) is 0 Å². The van der Waals surface area contributed by atoms with Gasteiger partial charge in [-0.1, -0.05) is 13.0 Å². The number of nitrogens with zero attached hydrogens (tertiary/aromatic N) is 5. The summed E-state index contributed by atoms with van der Waals surface area (Å²) >= 11 is 0. The van der Waals surface area contributed by atoms with Crippen molar-refractivity contribution in [3.63, 3.8) is 0 Å². The van der Waals surface area contributed by atoms with Crippen molar-refractivity contribution in [3.05, 3.63) is 75.9 Å². The standard InChI is InChI=1S/C31H39F3N8O/c1-7-18(2)41-10-8-22(9-11-41)25-13-24(14-27(19(25)3)31(32,33)34)39-30(43)23-12-29(20(4)37-15-23)42(36)17-28(35)26-16-38-40(6)21(26)5/h8,12-16,18,35H,7,9-11,17,36H2,1-6H3,(H,39,43). The monoisotopic (exact) mass is 596 g/mol. The molecule has 1 atom stereocenters. The fraction of sp³-hybridized carbons (Fsp3) is 0.419. The third-order valence-electron chi connectivity index (χ3n) is 8.29. The molecule has 43 heavy (non-hydrogen) atoms. The van der Waals surface area contributed by atoms with Crippen LogP contribution < -0.4 is 16.2 Å². The van der Waals surface area contributed by atoms with E-state index in [4.69, 9.17) is 11.3 Å². The number of hydrogen-bond donors (Lipinski definition) is 3. The summed E-state index contributed by atoms with van der Waals surface area (Å²) in [5, 5.41) is 16.6. The van der Waals surface area contributed by atoms with Gasteiger partial charge in [-0.15, -0.1) is 0 Å². The zero-order chi connectivity index (χ0) is 31.6. The lowest BCUT2D eigenvalue weighted by molar-refractivity contribution is -0.138. The van der Waals surface area contributed by atoms with E-state index in [1.54, 1.807) is 30.9 Å². The number of hydrogen-bond acceptors (Lipinski definition) is 7. The maximum Gasteiger partial charge on any atom is 0.416 e. The molecule has 3 aromatic rings. The Morgan fingerprint density at radius 3 is 2.51 bits per heavy atom. The van der Waals surface area contributed by atoms with Crippen molar-refractivity contribution in [2.24, 2.45) is 12.9 Å². The zero-order valence-electron chi connectivity index (χ0n) is 25.4. The van der Waals surface area contributed by atoms with Gasteiger partial charge in [0.15, 0.2) is 0 Å². The van der Waals surface area contributed by atoms with Crippen molar-refractivity contribution in [2.45, 2.75) is 59.7 Å². The molecule has 0 saturated heterocycles. The first-order valence-corrected chi connectivity index (χ1v) is 14.2. The Labute approximate surface area is 250 Å². The van der Waals surface area contributed by atoms with Gasteiger partial charge in [-0.05, 0) is 75.4 Å². The van der Waals surface area contributed by atoms with E-state index in [9.17, 15) is 18.0 Å². The molecule has 4 N–H and O–H groups in total.